The minimum Gasteiger partial charge on any atom is -0.241 e. The number of benzene rings is 1. The standard InChI is InChI=1S/C13H17NS/c1-3-10(2)8-9-13-14-11-6-4-5-7-12(11)15-13/h4-7,10H,3,8-9H2,1-2H3. The highest BCUT2D eigenvalue weighted by atomic mass is 32.1. The van der Waals surface area contributed by atoms with Gasteiger partial charge in [0.15, 0.2) is 0 Å². The van der Waals surface area contributed by atoms with Gasteiger partial charge in [-0.2, -0.15) is 0 Å². The first-order chi connectivity index (χ1) is 7.29. The molecule has 0 saturated heterocycles. The van der Waals surface area contributed by atoms with Gasteiger partial charge in [0.2, 0.25) is 0 Å². The molecular formula is C13H17NS. The highest BCUT2D eigenvalue weighted by molar-refractivity contribution is 7.18. The largest absolute Gasteiger partial charge is 0.241 e. The van der Waals surface area contributed by atoms with E-state index in [0.29, 0.717) is 0 Å². The lowest BCUT2D eigenvalue weighted by molar-refractivity contribution is 0.516. The molecule has 0 N–H and O–H groups in total. The maximum absolute atomic E-state index is 4.64. The molecule has 1 atom stereocenters. The van der Waals surface area contributed by atoms with Crippen molar-refractivity contribution in [1.82, 2.24) is 4.98 Å². The molecule has 1 heterocycles. The number of hydrogen-bond acceptors (Lipinski definition) is 2. The van der Waals surface area contributed by atoms with E-state index < -0.39 is 0 Å². The van der Waals surface area contributed by atoms with Crippen LogP contribution in [0.4, 0.5) is 0 Å². The summed E-state index contributed by atoms with van der Waals surface area (Å²) >= 11 is 1.84. The van der Waals surface area contributed by atoms with Crippen molar-refractivity contribution in [1.29, 1.82) is 0 Å². The lowest BCUT2D eigenvalue weighted by atomic mass is 10.0. The number of fused-ring (bicyclic) bond motifs is 1. The number of thiazole rings is 1. The number of aromatic nitrogens is 1. The van der Waals surface area contributed by atoms with E-state index >= 15 is 0 Å². The van der Waals surface area contributed by atoms with Crippen molar-refractivity contribution in [2.45, 2.75) is 33.1 Å². The van der Waals surface area contributed by atoms with Crippen molar-refractivity contribution in [3.8, 4) is 0 Å². The first-order valence-electron chi connectivity index (χ1n) is 5.64. The van der Waals surface area contributed by atoms with E-state index in [9.17, 15) is 0 Å². The lowest BCUT2D eigenvalue weighted by Crippen LogP contribution is -1.94. The highest BCUT2D eigenvalue weighted by Gasteiger charge is 2.05. The third-order valence-corrected chi connectivity index (χ3v) is 3.98. The Labute approximate surface area is 95.2 Å². The van der Waals surface area contributed by atoms with Crippen LogP contribution < -0.4 is 0 Å². The molecule has 1 nitrogen and oxygen atoms in total. The minimum absolute atomic E-state index is 0.817. The molecule has 0 aliphatic heterocycles. The second kappa shape index (κ2) is 4.75. The average molecular weight is 219 g/mol. The summed E-state index contributed by atoms with van der Waals surface area (Å²) in [4.78, 5) is 4.64. The Kier molecular flexibility index (Phi) is 3.37. The van der Waals surface area contributed by atoms with Gasteiger partial charge in [-0.3, -0.25) is 0 Å². The molecule has 1 aromatic carbocycles. The van der Waals surface area contributed by atoms with Gasteiger partial charge in [-0.1, -0.05) is 32.4 Å². The Balaban J connectivity index is 2.09. The van der Waals surface area contributed by atoms with Gasteiger partial charge in [0.1, 0.15) is 0 Å². The number of hydrogen-bond donors (Lipinski definition) is 0. The lowest BCUT2D eigenvalue weighted by Gasteiger charge is -2.04. The van der Waals surface area contributed by atoms with Crippen molar-refractivity contribution in [3.05, 3.63) is 29.3 Å². The van der Waals surface area contributed by atoms with Crippen LogP contribution in [0.5, 0.6) is 0 Å². The predicted molar refractivity (Wildman–Crippen MR) is 67.4 cm³/mol. The van der Waals surface area contributed by atoms with Gasteiger partial charge < -0.3 is 0 Å². The number of nitrogens with zero attached hydrogens (tertiary/aromatic N) is 1. The average Bonchev–Trinajstić information content (AvgIpc) is 2.68. The summed E-state index contributed by atoms with van der Waals surface area (Å²) in [6.45, 7) is 4.57. The van der Waals surface area contributed by atoms with Crippen LogP contribution in [0.25, 0.3) is 10.2 Å². The molecule has 0 fully saturated rings. The van der Waals surface area contributed by atoms with Crippen LogP contribution in [0.2, 0.25) is 0 Å². The Bertz CT molecular complexity index is 400. The molecule has 2 heteroatoms. The molecule has 2 aromatic rings. The van der Waals surface area contributed by atoms with E-state index in [2.05, 4.69) is 43.1 Å². The molecule has 0 radical (unpaired) electrons. The maximum atomic E-state index is 4.64. The zero-order valence-corrected chi connectivity index (χ0v) is 10.2. The van der Waals surface area contributed by atoms with Crippen LogP contribution in [0, 0.1) is 5.92 Å². The van der Waals surface area contributed by atoms with Crippen LogP contribution in [-0.2, 0) is 6.42 Å². The maximum Gasteiger partial charge on any atom is 0.0938 e. The van der Waals surface area contributed by atoms with Crippen molar-refractivity contribution in [2.75, 3.05) is 0 Å². The Morgan fingerprint density at radius 3 is 2.87 bits per heavy atom. The fourth-order valence-electron chi connectivity index (χ4n) is 1.60. The monoisotopic (exact) mass is 219 g/mol. The molecule has 80 valence electrons. The molecule has 2 rings (SSSR count). The SMILES string of the molecule is CCC(C)CCc1nc2ccccc2s1. The summed E-state index contributed by atoms with van der Waals surface area (Å²) in [6.07, 6.45) is 3.66. The van der Waals surface area contributed by atoms with Crippen LogP contribution >= 0.6 is 11.3 Å². The van der Waals surface area contributed by atoms with E-state index in [0.717, 1.165) is 17.9 Å². The molecule has 1 aromatic heterocycles. The molecule has 0 spiro atoms. The summed E-state index contributed by atoms with van der Waals surface area (Å²) < 4.78 is 1.32. The molecule has 0 bridgehead atoms. The first-order valence-corrected chi connectivity index (χ1v) is 6.45. The third-order valence-electron chi connectivity index (χ3n) is 2.89. The third kappa shape index (κ3) is 2.57. The molecular weight excluding hydrogens is 202 g/mol. The number of para-hydroxylation sites is 1. The van der Waals surface area contributed by atoms with Gasteiger partial charge in [0.05, 0.1) is 15.2 Å². The number of aryl methyl sites for hydroxylation is 1. The summed E-state index contributed by atoms with van der Waals surface area (Å²) in [5.74, 6) is 0.817. The Morgan fingerprint density at radius 2 is 2.13 bits per heavy atom. The quantitative estimate of drug-likeness (QED) is 0.748. The van der Waals surface area contributed by atoms with Gasteiger partial charge in [0.25, 0.3) is 0 Å². The van der Waals surface area contributed by atoms with Crippen molar-refractivity contribution < 1.29 is 0 Å². The molecule has 0 amide bonds. The summed E-state index contributed by atoms with van der Waals surface area (Å²) in [5.41, 5.74) is 1.15. The van der Waals surface area contributed by atoms with E-state index in [1.165, 1.54) is 22.5 Å². The van der Waals surface area contributed by atoms with Crippen LogP contribution in [0.3, 0.4) is 0 Å². The summed E-state index contributed by atoms with van der Waals surface area (Å²) in [6, 6.07) is 8.39. The Morgan fingerprint density at radius 1 is 1.33 bits per heavy atom. The van der Waals surface area contributed by atoms with E-state index in [-0.39, 0.29) is 0 Å². The smallest absolute Gasteiger partial charge is 0.0938 e. The van der Waals surface area contributed by atoms with Crippen LogP contribution in [-0.4, -0.2) is 4.98 Å². The summed E-state index contributed by atoms with van der Waals surface area (Å²) in [5, 5.41) is 1.29. The van der Waals surface area contributed by atoms with Crippen LogP contribution in [0.15, 0.2) is 24.3 Å². The van der Waals surface area contributed by atoms with Crippen molar-refractivity contribution in [3.63, 3.8) is 0 Å². The predicted octanol–water partition coefficient (Wildman–Crippen LogP) is 4.28. The minimum atomic E-state index is 0.817. The van der Waals surface area contributed by atoms with Gasteiger partial charge in [-0.05, 0) is 30.9 Å². The van der Waals surface area contributed by atoms with Gasteiger partial charge in [0, 0.05) is 0 Å². The van der Waals surface area contributed by atoms with Crippen molar-refractivity contribution >= 4 is 21.6 Å². The summed E-state index contributed by atoms with van der Waals surface area (Å²) in [7, 11) is 0. The fraction of sp³-hybridized carbons (Fsp3) is 0.462. The fourth-order valence-corrected chi connectivity index (χ4v) is 2.58. The molecule has 1 unspecified atom stereocenters. The molecule has 15 heavy (non-hydrogen) atoms. The Hall–Kier alpha value is -0.890. The second-order valence-electron chi connectivity index (χ2n) is 4.13. The topological polar surface area (TPSA) is 12.9 Å². The van der Waals surface area contributed by atoms with Crippen LogP contribution in [0.1, 0.15) is 31.7 Å². The highest BCUT2D eigenvalue weighted by Crippen LogP contribution is 2.23. The van der Waals surface area contributed by atoms with E-state index in [1.807, 2.05) is 11.3 Å². The molecule has 0 aliphatic rings. The van der Waals surface area contributed by atoms with Crippen molar-refractivity contribution in [2.24, 2.45) is 5.92 Å². The van der Waals surface area contributed by atoms with Gasteiger partial charge in [-0.25, -0.2) is 4.98 Å². The number of rotatable bonds is 4. The zero-order chi connectivity index (χ0) is 10.7. The van der Waals surface area contributed by atoms with Gasteiger partial charge >= 0.3 is 0 Å². The first kappa shape index (κ1) is 10.6. The van der Waals surface area contributed by atoms with E-state index in [1.54, 1.807) is 0 Å². The second-order valence-corrected chi connectivity index (χ2v) is 5.24. The molecule has 0 saturated carbocycles. The van der Waals surface area contributed by atoms with E-state index in [4.69, 9.17) is 0 Å². The molecule has 0 aliphatic carbocycles. The zero-order valence-electron chi connectivity index (χ0n) is 9.36. The normalized spacial score (nSPS) is 13.2. The van der Waals surface area contributed by atoms with Gasteiger partial charge in [-0.15, -0.1) is 11.3 Å².